The average molecular weight is 434 g/mol. The van der Waals surface area contributed by atoms with Crippen LogP contribution in [0.25, 0.3) is 10.2 Å². The number of amides is 1. The fraction of sp³-hybridized carbons (Fsp3) is 0.571. The summed E-state index contributed by atoms with van der Waals surface area (Å²) in [5, 5.41) is 4.29. The van der Waals surface area contributed by atoms with Gasteiger partial charge in [0, 0.05) is 24.6 Å². The number of ether oxygens (including phenoxy) is 1. The summed E-state index contributed by atoms with van der Waals surface area (Å²) in [6.45, 7) is 5.51. The number of hydrogen-bond acceptors (Lipinski definition) is 6. The van der Waals surface area contributed by atoms with Crippen LogP contribution in [0.4, 0.5) is 0 Å². The van der Waals surface area contributed by atoms with Crippen molar-refractivity contribution in [2.45, 2.75) is 62.8 Å². The number of aryl methyl sites for hydroxylation is 2. The SMILES string of the molecule is C=CCn1c(SCC(=O)NC[C@H]2CCCO2)nc2sc3c(c2c1=O)CCCCC3. The summed E-state index contributed by atoms with van der Waals surface area (Å²) in [6.07, 6.45) is 9.39. The molecule has 2 aliphatic rings. The van der Waals surface area contributed by atoms with Gasteiger partial charge >= 0.3 is 0 Å². The van der Waals surface area contributed by atoms with Crippen molar-refractivity contribution >= 4 is 39.2 Å². The molecule has 0 radical (unpaired) electrons. The van der Waals surface area contributed by atoms with Crippen molar-refractivity contribution in [3.05, 3.63) is 33.4 Å². The Balaban J connectivity index is 1.54. The van der Waals surface area contributed by atoms with Crippen LogP contribution in [0.2, 0.25) is 0 Å². The molecule has 2 aromatic heterocycles. The van der Waals surface area contributed by atoms with Crippen molar-refractivity contribution in [1.82, 2.24) is 14.9 Å². The minimum Gasteiger partial charge on any atom is -0.376 e. The maximum absolute atomic E-state index is 13.3. The van der Waals surface area contributed by atoms with Gasteiger partial charge < -0.3 is 10.1 Å². The standard InChI is InChI=1S/C21H27N3O3S2/c1-2-10-24-20(26)18-15-8-4-3-5-9-16(15)29-19(18)23-21(24)28-13-17(25)22-12-14-7-6-11-27-14/h2,14H,1,3-13H2,(H,22,25)/t14-/m1/s1. The van der Waals surface area contributed by atoms with E-state index < -0.39 is 0 Å². The van der Waals surface area contributed by atoms with Crippen LogP contribution in [0, 0.1) is 0 Å². The van der Waals surface area contributed by atoms with Gasteiger partial charge in [0.15, 0.2) is 5.16 Å². The molecule has 1 N–H and O–H groups in total. The van der Waals surface area contributed by atoms with Gasteiger partial charge in [-0.1, -0.05) is 24.3 Å². The van der Waals surface area contributed by atoms with E-state index in [-0.39, 0.29) is 23.3 Å². The second-order valence-electron chi connectivity index (χ2n) is 7.57. The number of carbonyl (C=O) groups is 1. The Kier molecular flexibility index (Phi) is 6.72. The highest BCUT2D eigenvalue weighted by atomic mass is 32.2. The number of allylic oxidation sites excluding steroid dienone is 1. The molecule has 0 spiro atoms. The van der Waals surface area contributed by atoms with Gasteiger partial charge in [0.1, 0.15) is 4.83 Å². The Morgan fingerprint density at radius 2 is 2.21 bits per heavy atom. The molecule has 0 saturated carbocycles. The van der Waals surface area contributed by atoms with E-state index in [1.54, 1.807) is 22.0 Å². The molecule has 0 aromatic carbocycles. The van der Waals surface area contributed by atoms with Gasteiger partial charge in [-0.15, -0.1) is 17.9 Å². The van der Waals surface area contributed by atoms with Crippen molar-refractivity contribution in [2.24, 2.45) is 0 Å². The van der Waals surface area contributed by atoms with E-state index >= 15 is 0 Å². The van der Waals surface area contributed by atoms with Crippen LogP contribution in [-0.4, -0.2) is 40.5 Å². The first-order valence-electron chi connectivity index (χ1n) is 10.3. The summed E-state index contributed by atoms with van der Waals surface area (Å²) in [4.78, 5) is 32.5. The molecule has 4 rings (SSSR count). The van der Waals surface area contributed by atoms with E-state index in [2.05, 4.69) is 11.9 Å². The molecule has 2 aromatic rings. The van der Waals surface area contributed by atoms with E-state index in [9.17, 15) is 9.59 Å². The van der Waals surface area contributed by atoms with Crippen LogP contribution in [0.5, 0.6) is 0 Å². The Morgan fingerprint density at radius 1 is 1.34 bits per heavy atom. The van der Waals surface area contributed by atoms with E-state index in [1.165, 1.54) is 35.0 Å². The van der Waals surface area contributed by atoms with Crippen LogP contribution < -0.4 is 10.9 Å². The van der Waals surface area contributed by atoms with Crippen molar-refractivity contribution in [2.75, 3.05) is 18.9 Å². The molecule has 8 heteroatoms. The van der Waals surface area contributed by atoms with Crippen LogP contribution in [0.15, 0.2) is 22.6 Å². The van der Waals surface area contributed by atoms with Crippen LogP contribution in [0.3, 0.4) is 0 Å². The zero-order chi connectivity index (χ0) is 20.2. The van der Waals surface area contributed by atoms with Gasteiger partial charge in [-0.3, -0.25) is 14.2 Å². The predicted octanol–water partition coefficient (Wildman–Crippen LogP) is 3.30. The lowest BCUT2D eigenvalue weighted by Crippen LogP contribution is -2.33. The molecule has 1 atom stereocenters. The number of fused-ring (bicyclic) bond motifs is 3. The zero-order valence-corrected chi connectivity index (χ0v) is 18.2. The van der Waals surface area contributed by atoms with Gasteiger partial charge in [-0.05, 0) is 44.1 Å². The fourth-order valence-electron chi connectivity index (χ4n) is 4.01. The second kappa shape index (κ2) is 9.45. The highest BCUT2D eigenvalue weighted by Gasteiger charge is 2.22. The van der Waals surface area contributed by atoms with Crippen molar-refractivity contribution in [3.63, 3.8) is 0 Å². The molecule has 1 aliphatic carbocycles. The number of nitrogens with one attached hydrogen (secondary N) is 1. The molecule has 156 valence electrons. The first-order chi connectivity index (χ1) is 14.2. The second-order valence-corrected chi connectivity index (χ2v) is 9.60. The molecule has 1 aliphatic heterocycles. The summed E-state index contributed by atoms with van der Waals surface area (Å²) >= 11 is 2.96. The average Bonchev–Trinajstić information content (AvgIpc) is 3.29. The Bertz CT molecular complexity index is 960. The van der Waals surface area contributed by atoms with Gasteiger partial charge in [0.25, 0.3) is 5.56 Å². The summed E-state index contributed by atoms with van der Waals surface area (Å²) in [5.41, 5.74) is 1.19. The third-order valence-electron chi connectivity index (χ3n) is 5.48. The summed E-state index contributed by atoms with van der Waals surface area (Å²) in [7, 11) is 0. The van der Waals surface area contributed by atoms with Crippen LogP contribution >= 0.6 is 23.1 Å². The smallest absolute Gasteiger partial charge is 0.263 e. The lowest BCUT2D eigenvalue weighted by molar-refractivity contribution is -0.119. The van der Waals surface area contributed by atoms with Gasteiger partial charge in [0.05, 0.1) is 17.2 Å². The first kappa shape index (κ1) is 20.6. The zero-order valence-electron chi connectivity index (χ0n) is 16.6. The van der Waals surface area contributed by atoms with Gasteiger partial charge in [-0.2, -0.15) is 0 Å². The molecule has 1 saturated heterocycles. The quantitative estimate of drug-likeness (QED) is 0.314. The number of thioether (sulfide) groups is 1. The maximum atomic E-state index is 13.3. The van der Waals surface area contributed by atoms with E-state index in [0.717, 1.165) is 48.9 Å². The van der Waals surface area contributed by atoms with E-state index in [1.807, 2.05) is 0 Å². The third-order valence-corrected chi connectivity index (χ3v) is 7.65. The van der Waals surface area contributed by atoms with E-state index in [4.69, 9.17) is 9.72 Å². The number of aromatic nitrogens is 2. The molecule has 0 bridgehead atoms. The molecule has 3 heterocycles. The van der Waals surface area contributed by atoms with Crippen LogP contribution in [-0.2, 0) is 28.9 Å². The Hall–Kier alpha value is -1.64. The van der Waals surface area contributed by atoms with Crippen molar-refractivity contribution in [3.8, 4) is 0 Å². The molecule has 29 heavy (non-hydrogen) atoms. The molecular weight excluding hydrogens is 406 g/mol. The number of nitrogens with zero attached hydrogens (tertiary/aromatic N) is 2. The lowest BCUT2D eigenvalue weighted by atomic mass is 10.1. The fourth-order valence-corrected chi connectivity index (χ4v) is 6.15. The molecule has 0 unspecified atom stereocenters. The highest BCUT2D eigenvalue weighted by molar-refractivity contribution is 7.99. The third kappa shape index (κ3) is 4.59. The number of hydrogen-bond donors (Lipinski definition) is 1. The number of thiophene rings is 1. The highest BCUT2D eigenvalue weighted by Crippen LogP contribution is 2.34. The maximum Gasteiger partial charge on any atom is 0.263 e. The van der Waals surface area contributed by atoms with Crippen molar-refractivity contribution in [1.29, 1.82) is 0 Å². The van der Waals surface area contributed by atoms with Gasteiger partial charge in [-0.25, -0.2) is 4.98 Å². The minimum absolute atomic E-state index is 0.00318. The first-order valence-corrected chi connectivity index (χ1v) is 12.1. The summed E-state index contributed by atoms with van der Waals surface area (Å²) in [6, 6.07) is 0. The summed E-state index contributed by atoms with van der Waals surface area (Å²) in [5.74, 6) is 0.166. The monoisotopic (exact) mass is 433 g/mol. The Morgan fingerprint density at radius 3 is 3.00 bits per heavy atom. The molecule has 1 fully saturated rings. The lowest BCUT2D eigenvalue weighted by Gasteiger charge is -2.12. The molecular formula is C21H27N3O3S2. The minimum atomic E-state index is -0.0630. The van der Waals surface area contributed by atoms with Crippen LogP contribution in [0.1, 0.15) is 42.5 Å². The topological polar surface area (TPSA) is 73.2 Å². The predicted molar refractivity (Wildman–Crippen MR) is 118 cm³/mol. The number of rotatable bonds is 7. The van der Waals surface area contributed by atoms with Crippen molar-refractivity contribution < 1.29 is 9.53 Å². The molecule has 1 amide bonds. The van der Waals surface area contributed by atoms with E-state index in [0.29, 0.717) is 18.2 Å². The number of carbonyl (C=O) groups excluding carboxylic acids is 1. The molecule has 6 nitrogen and oxygen atoms in total. The summed E-state index contributed by atoms with van der Waals surface area (Å²) < 4.78 is 7.20. The largest absolute Gasteiger partial charge is 0.376 e. The Labute approximate surface area is 178 Å². The normalized spacial score (nSPS) is 19.1. The van der Waals surface area contributed by atoms with Gasteiger partial charge in [0.2, 0.25) is 5.91 Å².